The van der Waals surface area contributed by atoms with Gasteiger partial charge in [-0.2, -0.15) is 4.39 Å². The summed E-state index contributed by atoms with van der Waals surface area (Å²) in [5.41, 5.74) is -0.137. The minimum absolute atomic E-state index is 0.137. The van der Waals surface area contributed by atoms with Gasteiger partial charge < -0.3 is 9.47 Å². The first-order chi connectivity index (χ1) is 6.88. The van der Waals surface area contributed by atoms with Crippen LogP contribution >= 0.6 is 0 Å². The van der Waals surface area contributed by atoms with Crippen molar-refractivity contribution in [3.05, 3.63) is 12.2 Å². The number of halogens is 2. The van der Waals surface area contributed by atoms with Crippen LogP contribution in [0.1, 0.15) is 6.92 Å². The predicted molar refractivity (Wildman–Crippen MR) is 42.9 cm³/mol. The topological polar surface area (TPSA) is 69.7 Å². The van der Waals surface area contributed by atoms with E-state index in [4.69, 9.17) is 0 Å². The molecule has 5 nitrogen and oxygen atoms in total. The highest BCUT2D eigenvalue weighted by atomic mass is 19.1. The Morgan fingerprint density at radius 3 is 2.33 bits per heavy atom. The molecule has 15 heavy (non-hydrogen) atoms. The summed E-state index contributed by atoms with van der Waals surface area (Å²) in [6, 6.07) is 0. The normalized spacial score (nSPS) is 11.4. The quantitative estimate of drug-likeness (QED) is 0.392. The van der Waals surface area contributed by atoms with Crippen LogP contribution in [-0.2, 0) is 23.9 Å². The van der Waals surface area contributed by atoms with Crippen molar-refractivity contribution in [1.82, 2.24) is 0 Å². The number of alkyl halides is 2. The minimum Gasteiger partial charge on any atom is -0.416 e. The molecule has 0 saturated heterocycles. The van der Waals surface area contributed by atoms with Crippen molar-refractivity contribution in [3.8, 4) is 0 Å². The molecule has 0 spiro atoms. The number of carbonyl (C=O) groups is 3. The summed E-state index contributed by atoms with van der Waals surface area (Å²) >= 11 is 0. The lowest BCUT2D eigenvalue weighted by molar-refractivity contribution is -0.182. The monoisotopic (exact) mass is 222 g/mol. The van der Waals surface area contributed by atoms with Crippen molar-refractivity contribution >= 4 is 17.9 Å². The fourth-order valence-corrected chi connectivity index (χ4v) is 0.428. The summed E-state index contributed by atoms with van der Waals surface area (Å²) in [6.07, 6.45) is -2.77. The summed E-state index contributed by atoms with van der Waals surface area (Å²) in [7, 11) is 0. The van der Waals surface area contributed by atoms with Gasteiger partial charge >= 0.3 is 24.3 Å². The molecule has 0 aromatic carbocycles. The Bertz CT molecular complexity index is 299. The van der Waals surface area contributed by atoms with Gasteiger partial charge in [-0.1, -0.05) is 6.58 Å². The zero-order chi connectivity index (χ0) is 12.0. The SMILES string of the molecule is C=C(C)C(=O)OC(F)C(=O)OC(=O)CF. The van der Waals surface area contributed by atoms with Gasteiger partial charge in [0.05, 0.1) is 0 Å². The van der Waals surface area contributed by atoms with E-state index in [9.17, 15) is 23.2 Å². The van der Waals surface area contributed by atoms with Gasteiger partial charge in [-0.3, -0.25) is 0 Å². The molecule has 0 radical (unpaired) electrons. The molecule has 0 fully saturated rings. The Morgan fingerprint density at radius 2 is 1.93 bits per heavy atom. The fourth-order valence-electron chi connectivity index (χ4n) is 0.428. The number of rotatable bonds is 4. The summed E-state index contributed by atoms with van der Waals surface area (Å²) in [5.74, 6) is -4.51. The standard InChI is InChI=1S/C8H8F2O5/c1-4(2)7(12)15-6(10)8(13)14-5(11)3-9/h6H,1,3H2,2H3. The maximum atomic E-state index is 12.7. The molecule has 0 rings (SSSR count). The Hall–Kier alpha value is -1.79. The number of hydrogen-bond acceptors (Lipinski definition) is 5. The fraction of sp³-hybridized carbons (Fsp3) is 0.375. The van der Waals surface area contributed by atoms with E-state index in [-0.39, 0.29) is 5.57 Å². The molecule has 0 aliphatic carbocycles. The van der Waals surface area contributed by atoms with Gasteiger partial charge in [0.2, 0.25) is 0 Å². The molecule has 0 aromatic heterocycles. The van der Waals surface area contributed by atoms with E-state index in [2.05, 4.69) is 16.1 Å². The Labute approximate surface area is 83.6 Å². The van der Waals surface area contributed by atoms with Crippen LogP contribution in [0.25, 0.3) is 0 Å². The van der Waals surface area contributed by atoms with E-state index in [0.29, 0.717) is 0 Å². The average Bonchev–Trinajstić information content (AvgIpc) is 2.16. The van der Waals surface area contributed by atoms with Crippen molar-refractivity contribution in [1.29, 1.82) is 0 Å². The highest BCUT2D eigenvalue weighted by Crippen LogP contribution is 2.02. The lowest BCUT2D eigenvalue weighted by Gasteiger charge is -2.07. The van der Waals surface area contributed by atoms with Crippen molar-refractivity contribution in [2.75, 3.05) is 6.67 Å². The van der Waals surface area contributed by atoms with Gasteiger partial charge in [0.1, 0.15) is 0 Å². The highest BCUT2D eigenvalue weighted by Gasteiger charge is 2.26. The molecule has 0 saturated carbocycles. The second-order valence-corrected chi connectivity index (χ2v) is 2.43. The molecule has 1 atom stereocenters. The number of esters is 3. The molecule has 0 bridgehead atoms. The minimum atomic E-state index is -2.77. The lowest BCUT2D eigenvalue weighted by Crippen LogP contribution is -2.27. The van der Waals surface area contributed by atoms with Crippen LogP contribution in [0.5, 0.6) is 0 Å². The van der Waals surface area contributed by atoms with Crippen molar-refractivity contribution < 1.29 is 32.6 Å². The average molecular weight is 222 g/mol. The second kappa shape index (κ2) is 5.84. The van der Waals surface area contributed by atoms with E-state index in [0.717, 1.165) is 0 Å². The molecule has 0 aliphatic rings. The van der Waals surface area contributed by atoms with Crippen LogP contribution in [0.2, 0.25) is 0 Å². The van der Waals surface area contributed by atoms with Crippen LogP contribution in [0.15, 0.2) is 12.2 Å². The molecule has 0 aromatic rings. The smallest absolute Gasteiger partial charge is 0.389 e. The zero-order valence-electron chi connectivity index (χ0n) is 7.79. The van der Waals surface area contributed by atoms with E-state index < -0.39 is 30.9 Å². The third kappa shape index (κ3) is 4.84. The van der Waals surface area contributed by atoms with Gasteiger partial charge in [0.25, 0.3) is 0 Å². The number of ether oxygens (including phenoxy) is 2. The molecule has 7 heteroatoms. The molecule has 84 valence electrons. The third-order valence-corrected chi connectivity index (χ3v) is 1.07. The summed E-state index contributed by atoms with van der Waals surface area (Å²) in [4.78, 5) is 31.5. The van der Waals surface area contributed by atoms with Gasteiger partial charge in [0.15, 0.2) is 6.67 Å². The highest BCUT2D eigenvalue weighted by molar-refractivity contribution is 5.91. The number of hydrogen-bond donors (Lipinski definition) is 0. The molecule has 0 aliphatic heterocycles. The maximum Gasteiger partial charge on any atom is 0.389 e. The molecule has 0 amide bonds. The van der Waals surface area contributed by atoms with Crippen LogP contribution in [-0.4, -0.2) is 30.9 Å². The first-order valence-corrected chi connectivity index (χ1v) is 3.69. The van der Waals surface area contributed by atoms with E-state index in [1.54, 1.807) is 0 Å². The van der Waals surface area contributed by atoms with Gasteiger partial charge in [-0.15, -0.1) is 0 Å². The first kappa shape index (κ1) is 13.2. The van der Waals surface area contributed by atoms with Crippen molar-refractivity contribution in [2.24, 2.45) is 0 Å². The molecular weight excluding hydrogens is 214 g/mol. The van der Waals surface area contributed by atoms with Gasteiger partial charge in [-0.25, -0.2) is 18.8 Å². The molecule has 0 heterocycles. The summed E-state index contributed by atoms with van der Waals surface area (Å²) in [5, 5.41) is 0. The Balaban J connectivity index is 4.16. The maximum absolute atomic E-state index is 12.7. The van der Waals surface area contributed by atoms with Crippen molar-refractivity contribution in [2.45, 2.75) is 13.3 Å². The van der Waals surface area contributed by atoms with Crippen LogP contribution in [0, 0.1) is 0 Å². The number of carbonyl (C=O) groups excluding carboxylic acids is 3. The molecule has 1 unspecified atom stereocenters. The summed E-state index contributed by atoms with van der Waals surface area (Å²) < 4.78 is 31.7. The van der Waals surface area contributed by atoms with Crippen LogP contribution in [0.3, 0.4) is 0 Å². The Morgan fingerprint density at radius 1 is 1.40 bits per heavy atom. The predicted octanol–water partition coefficient (Wildman–Crippen LogP) is 0.441. The second-order valence-electron chi connectivity index (χ2n) is 2.43. The van der Waals surface area contributed by atoms with E-state index >= 15 is 0 Å². The third-order valence-electron chi connectivity index (χ3n) is 1.07. The van der Waals surface area contributed by atoms with Crippen LogP contribution < -0.4 is 0 Å². The van der Waals surface area contributed by atoms with Crippen LogP contribution in [0.4, 0.5) is 8.78 Å². The van der Waals surface area contributed by atoms with Gasteiger partial charge in [-0.05, 0) is 6.92 Å². The molecule has 0 N–H and O–H groups in total. The van der Waals surface area contributed by atoms with E-state index in [1.165, 1.54) is 6.92 Å². The first-order valence-electron chi connectivity index (χ1n) is 3.69. The zero-order valence-corrected chi connectivity index (χ0v) is 7.79. The van der Waals surface area contributed by atoms with E-state index in [1.807, 2.05) is 0 Å². The Kier molecular flexibility index (Phi) is 5.14. The summed E-state index contributed by atoms with van der Waals surface area (Å²) in [6.45, 7) is 2.78. The lowest BCUT2D eigenvalue weighted by atomic mass is 10.4. The largest absolute Gasteiger partial charge is 0.416 e. The van der Waals surface area contributed by atoms with Gasteiger partial charge in [0, 0.05) is 5.57 Å². The van der Waals surface area contributed by atoms with Crippen molar-refractivity contribution in [3.63, 3.8) is 0 Å². The molecular formula is C8H8F2O5.